The van der Waals surface area contributed by atoms with E-state index in [4.69, 9.17) is 12.2 Å². The highest BCUT2D eigenvalue weighted by atomic mass is 35.5. The van der Waals surface area contributed by atoms with E-state index in [9.17, 15) is 0 Å². The fourth-order valence-corrected chi connectivity index (χ4v) is 1.24. The van der Waals surface area contributed by atoms with Gasteiger partial charge in [0.1, 0.15) is 6.17 Å². The number of halogens is 1. The van der Waals surface area contributed by atoms with Crippen LogP contribution in [0.25, 0.3) is 0 Å². The van der Waals surface area contributed by atoms with Crippen LogP contribution >= 0.6 is 24.6 Å². The van der Waals surface area contributed by atoms with Gasteiger partial charge < -0.3 is 5.32 Å². The third kappa shape index (κ3) is 2.27. The smallest absolute Gasteiger partial charge is 0.182 e. The van der Waals surface area contributed by atoms with Crippen LogP contribution in [0.4, 0.5) is 0 Å². The van der Waals surface area contributed by atoms with E-state index in [-0.39, 0.29) is 18.6 Å². The molecule has 1 saturated heterocycles. The molecule has 0 saturated carbocycles. The van der Waals surface area contributed by atoms with E-state index in [1.54, 1.807) is 12.4 Å². The van der Waals surface area contributed by atoms with Crippen LogP contribution in [0.1, 0.15) is 11.7 Å². The van der Waals surface area contributed by atoms with Crippen LogP contribution in [0.15, 0.2) is 24.5 Å². The fraction of sp³-hybridized carbons (Fsp3) is 0.143. The Kier molecular flexibility index (Phi) is 3.41. The SMILES string of the molecule is Cl.S=C1NNC(c2ccncc2)N1. The average Bonchev–Trinajstić information content (AvgIpc) is 2.54. The minimum Gasteiger partial charge on any atom is -0.341 e. The van der Waals surface area contributed by atoms with Crippen molar-refractivity contribution < 1.29 is 0 Å². The third-order valence-electron chi connectivity index (χ3n) is 1.64. The Bertz CT molecular complexity index is 292. The zero-order valence-electron chi connectivity index (χ0n) is 6.65. The van der Waals surface area contributed by atoms with Crippen molar-refractivity contribution in [3.8, 4) is 0 Å². The number of nitrogens with zero attached hydrogens (tertiary/aromatic N) is 1. The number of aromatic nitrogens is 1. The van der Waals surface area contributed by atoms with E-state index in [1.807, 2.05) is 12.1 Å². The molecule has 1 aromatic heterocycles. The second kappa shape index (κ2) is 4.36. The van der Waals surface area contributed by atoms with Gasteiger partial charge in [-0.15, -0.1) is 12.4 Å². The summed E-state index contributed by atoms with van der Waals surface area (Å²) in [7, 11) is 0. The maximum absolute atomic E-state index is 4.90. The van der Waals surface area contributed by atoms with Gasteiger partial charge in [0.15, 0.2) is 5.11 Å². The van der Waals surface area contributed by atoms with Crippen molar-refractivity contribution in [1.29, 1.82) is 0 Å². The van der Waals surface area contributed by atoms with Gasteiger partial charge in [-0.3, -0.25) is 10.4 Å². The molecular weight excluding hydrogens is 208 g/mol. The van der Waals surface area contributed by atoms with Crippen molar-refractivity contribution in [1.82, 2.24) is 21.2 Å². The number of nitrogens with one attached hydrogen (secondary N) is 3. The third-order valence-corrected chi connectivity index (χ3v) is 1.86. The zero-order chi connectivity index (χ0) is 8.39. The zero-order valence-corrected chi connectivity index (χ0v) is 8.28. The predicted molar refractivity (Wildman–Crippen MR) is 56.2 cm³/mol. The lowest BCUT2D eigenvalue weighted by atomic mass is 10.2. The largest absolute Gasteiger partial charge is 0.341 e. The van der Waals surface area contributed by atoms with Crippen LogP contribution < -0.4 is 16.2 Å². The second-order valence-electron chi connectivity index (χ2n) is 2.46. The summed E-state index contributed by atoms with van der Waals surface area (Å²) in [5.74, 6) is 0. The predicted octanol–water partition coefficient (Wildman–Crippen LogP) is 0.484. The molecule has 0 aromatic carbocycles. The van der Waals surface area contributed by atoms with Crippen LogP contribution in [0, 0.1) is 0 Å². The van der Waals surface area contributed by atoms with Gasteiger partial charge in [0, 0.05) is 12.4 Å². The first-order chi connectivity index (χ1) is 5.86. The molecule has 4 nitrogen and oxygen atoms in total. The number of rotatable bonds is 1. The first-order valence-electron chi connectivity index (χ1n) is 3.58. The topological polar surface area (TPSA) is 49.0 Å². The normalized spacial score (nSPS) is 20.0. The Morgan fingerprint density at radius 1 is 1.31 bits per heavy atom. The summed E-state index contributed by atoms with van der Waals surface area (Å²) in [5, 5.41) is 3.67. The van der Waals surface area contributed by atoms with Gasteiger partial charge >= 0.3 is 0 Å². The lowest BCUT2D eigenvalue weighted by Crippen LogP contribution is -2.26. The summed E-state index contributed by atoms with van der Waals surface area (Å²) < 4.78 is 0. The van der Waals surface area contributed by atoms with Crippen molar-refractivity contribution in [2.75, 3.05) is 0 Å². The second-order valence-corrected chi connectivity index (χ2v) is 2.86. The molecule has 0 spiro atoms. The molecule has 1 aromatic rings. The molecule has 0 amide bonds. The number of thiocarbonyl (C=S) groups is 1. The quantitative estimate of drug-likeness (QED) is 0.597. The molecule has 2 rings (SSSR count). The van der Waals surface area contributed by atoms with Crippen LogP contribution in [0.2, 0.25) is 0 Å². The summed E-state index contributed by atoms with van der Waals surface area (Å²) in [5.41, 5.74) is 6.92. The van der Waals surface area contributed by atoms with Gasteiger partial charge in [0.05, 0.1) is 0 Å². The van der Waals surface area contributed by atoms with E-state index in [2.05, 4.69) is 21.2 Å². The molecule has 1 unspecified atom stereocenters. The summed E-state index contributed by atoms with van der Waals surface area (Å²) in [6.07, 6.45) is 3.56. The maximum atomic E-state index is 4.90. The minimum absolute atomic E-state index is 0. The van der Waals surface area contributed by atoms with Crippen molar-refractivity contribution in [3.05, 3.63) is 30.1 Å². The Labute approximate surface area is 87.5 Å². The molecule has 13 heavy (non-hydrogen) atoms. The van der Waals surface area contributed by atoms with Crippen LogP contribution in [-0.2, 0) is 0 Å². The highest BCUT2D eigenvalue weighted by molar-refractivity contribution is 7.80. The maximum Gasteiger partial charge on any atom is 0.182 e. The molecule has 6 heteroatoms. The molecule has 0 bridgehead atoms. The van der Waals surface area contributed by atoms with E-state index in [0.717, 1.165) is 5.56 Å². The molecule has 3 N–H and O–H groups in total. The van der Waals surface area contributed by atoms with E-state index in [1.165, 1.54) is 0 Å². The molecule has 70 valence electrons. The Hall–Kier alpha value is -0.910. The number of pyridine rings is 1. The molecule has 0 radical (unpaired) electrons. The van der Waals surface area contributed by atoms with E-state index < -0.39 is 0 Å². The summed E-state index contributed by atoms with van der Waals surface area (Å²) in [4.78, 5) is 3.93. The highest BCUT2D eigenvalue weighted by Gasteiger charge is 2.17. The molecular formula is C7H9ClN4S. The van der Waals surface area contributed by atoms with Gasteiger partial charge in [-0.2, -0.15) is 0 Å². The summed E-state index contributed by atoms with van der Waals surface area (Å²) in [6, 6.07) is 3.86. The van der Waals surface area contributed by atoms with E-state index in [0.29, 0.717) is 5.11 Å². The Morgan fingerprint density at radius 3 is 2.54 bits per heavy atom. The van der Waals surface area contributed by atoms with Crippen molar-refractivity contribution in [3.63, 3.8) is 0 Å². The van der Waals surface area contributed by atoms with Crippen molar-refractivity contribution in [2.24, 2.45) is 0 Å². The lowest BCUT2D eigenvalue weighted by Gasteiger charge is -2.08. The van der Waals surface area contributed by atoms with Crippen molar-refractivity contribution >= 4 is 29.7 Å². The molecule has 1 fully saturated rings. The molecule has 0 aliphatic carbocycles. The summed E-state index contributed by atoms with van der Waals surface area (Å²) >= 11 is 4.90. The average molecular weight is 217 g/mol. The first-order valence-corrected chi connectivity index (χ1v) is 3.99. The van der Waals surface area contributed by atoms with E-state index >= 15 is 0 Å². The molecule has 2 heterocycles. The minimum atomic E-state index is 0. The van der Waals surface area contributed by atoms with Gasteiger partial charge in [-0.1, -0.05) is 0 Å². The number of hydrogen-bond acceptors (Lipinski definition) is 3. The standard InChI is InChI=1S/C7H8N4S.ClH/c12-7-9-6(10-11-7)5-1-3-8-4-2-5;/h1-4,6,10H,(H2,9,11,12);1H. The fourth-order valence-electron chi connectivity index (χ4n) is 1.06. The monoisotopic (exact) mass is 216 g/mol. The van der Waals surface area contributed by atoms with Crippen LogP contribution in [0.3, 0.4) is 0 Å². The Balaban J connectivity index is 0.000000845. The van der Waals surface area contributed by atoms with Gasteiger partial charge in [0.25, 0.3) is 0 Å². The van der Waals surface area contributed by atoms with Gasteiger partial charge in [0.2, 0.25) is 0 Å². The number of hydrazine groups is 1. The van der Waals surface area contributed by atoms with Crippen LogP contribution in [0.5, 0.6) is 0 Å². The van der Waals surface area contributed by atoms with Gasteiger partial charge in [-0.25, -0.2) is 5.43 Å². The van der Waals surface area contributed by atoms with Crippen molar-refractivity contribution in [2.45, 2.75) is 6.17 Å². The highest BCUT2D eigenvalue weighted by Crippen LogP contribution is 2.09. The molecule has 1 aliphatic heterocycles. The summed E-state index contributed by atoms with van der Waals surface area (Å²) in [6.45, 7) is 0. The van der Waals surface area contributed by atoms with Crippen LogP contribution in [-0.4, -0.2) is 10.1 Å². The Morgan fingerprint density at radius 2 is 2.00 bits per heavy atom. The lowest BCUT2D eigenvalue weighted by molar-refractivity contribution is 0.554. The van der Waals surface area contributed by atoms with Gasteiger partial charge in [-0.05, 0) is 29.9 Å². The molecule has 1 atom stereocenters. The number of hydrogen-bond donors (Lipinski definition) is 3. The first kappa shape index (κ1) is 10.2. The molecule has 1 aliphatic rings.